The van der Waals surface area contributed by atoms with Crippen molar-refractivity contribution in [1.82, 2.24) is 14.7 Å². The number of amides is 2. The zero-order valence-corrected chi connectivity index (χ0v) is 15.9. The molecule has 0 fully saturated rings. The van der Waals surface area contributed by atoms with E-state index in [1.165, 1.54) is 12.1 Å². The number of likely N-dealkylation sites (N-methyl/N-ethyl adjacent to an activating group) is 1. The van der Waals surface area contributed by atoms with Crippen LogP contribution < -0.4 is 10.5 Å². The van der Waals surface area contributed by atoms with E-state index >= 15 is 0 Å². The van der Waals surface area contributed by atoms with Crippen LogP contribution in [0.1, 0.15) is 36.8 Å². The lowest BCUT2D eigenvalue weighted by atomic mass is 10.1. The maximum absolute atomic E-state index is 13.1. The summed E-state index contributed by atoms with van der Waals surface area (Å²) in [6.07, 6.45) is 0.780. The lowest BCUT2D eigenvalue weighted by Crippen LogP contribution is -2.40. The summed E-state index contributed by atoms with van der Waals surface area (Å²) >= 11 is 0. The van der Waals surface area contributed by atoms with E-state index in [0.717, 1.165) is 22.4 Å². The second-order valence-electron chi connectivity index (χ2n) is 6.64. The van der Waals surface area contributed by atoms with Gasteiger partial charge in [0.25, 0.3) is 11.5 Å². The van der Waals surface area contributed by atoms with Gasteiger partial charge in [0, 0.05) is 30.9 Å². The highest BCUT2D eigenvalue weighted by atomic mass is 16.2. The van der Waals surface area contributed by atoms with E-state index in [4.69, 9.17) is 0 Å². The molecule has 7 nitrogen and oxygen atoms in total. The minimum atomic E-state index is -0.401. The van der Waals surface area contributed by atoms with Crippen molar-refractivity contribution in [2.24, 2.45) is 0 Å². The molecule has 0 unspecified atom stereocenters. The predicted molar refractivity (Wildman–Crippen MR) is 103 cm³/mol. The van der Waals surface area contributed by atoms with Crippen LogP contribution in [-0.4, -0.2) is 45.6 Å². The predicted octanol–water partition coefficient (Wildman–Crippen LogP) is 1.70. The molecule has 0 radical (unpaired) electrons. The Morgan fingerprint density at radius 3 is 2.56 bits per heavy atom. The number of nitrogens with zero attached hydrogens (tertiary/aromatic N) is 4. The monoisotopic (exact) mass is 368 g/mol. The van der Waals surface area contributed by atoms with Gasteiger partial charge in [-0.15, -0.1) is 0 Å². The zero-order chi connectivity index (χ0) is 19.6. The number of para-hydroxylation sites is 1. The van der Waals surface area contributed by atoms with Crippen molar-refractivity contribution in [1.29, 1.82) is 0 Å². The number of anilines is 1. The van der Waals surface area contributed by atoms with Crippen molar-refractivity contribution in [3.63, 3.8) is 0 Å². The van der Waals surface area contributed by atoms with Crippen LogP contribution in [0.25, 0.3) is 0 Å². The molecular weight excluding hydrogens is 344 g/mol. The van der Waals surface area contributed by atoms with Crippen LogP contribution in [0.2, 0.25) is 0 Å². The Morgan fingerprint density at radius 2 is 1.85 bits per heavy atom. The molecule has 7 heteroatoms. The number of fused-ring (bicyclic) bond motifs is 1. The largest absolute Gasteiger partial charge is 0.342 e. The summed E-state index contributed by atoms with van der Waals surface area (Å²) < 4.78 is 1.07. The number of rotatable bonds is 5. The standard InChI is InChI=1S/C20H24N4O3/c1-4-22(5-2)19(26)13-23-18(25)11-10-16(21-23)20(27)24-14(3)12-15-8-6-7-9-17(15)24/h6-11,14H,4-5,12-13H2,1-3H3/t14-/m0/s1. The fraction of sp³-hybridized carbons (Fsp3) is 0.400. The molecule has 27 heavy (non-hydrogen) atoms. The number of carbonyl (C=O) groups is 2. The first-order chi connectivity index (χ1) is 13.0. The highest BCUT2D eigenvalue weighted by Gasteiger charge is 2.32. The number of carbonyl (C=O) groups excluding carboxylic acids is 2. The second kappa shape index (κ2) is 7.73. The molecule has 1 aliphatic rings. The van der Waals surface area contributed by atoms with E-state index in [-0.39, 0.29) is 30.1 Å². The maximum atomic E-state index is 13.1. The lowest BCUT2D eigenvalue weighted by molar-refractivity contribution is -0.131. The molecular formula is C20H24N4O3. The fourth-order valence-electron chi connectivity index (χ4n) is 3.48. The highest BCUT2D eigenvalue weighted by molar-refractivity contribution is 6.06. The van der Waals surface area contributed by atoms with Crippen molar-refractivity contribution in [2.45, 2.75) is 39.8 Å². The highest BCUT2D eigenvalue weighted by Crippen LogP contribution is 2.32. The summed E-state index contributed by atoms with van der Waals surface area (Å²) in [4.78, 5) is 40.8. The summed E-state index contributed by atoms with van der Waals surface area (Å²) in [5.74, 6) is -0.462. The minimum absolute atomic E-state index is 0.00869. The molecule has 0 saturated carbocycles. The third kappa shape index (κ3) is 3.63. The van der Waals surface area contributed by atoms with E-state index in [2.05, 4.69) is 5.10 Å². The average Bonchev–Trinajstić information content (AvgIpc) is 2.99. The van der Waals surface area contributed by atoms with E-state index in [1.54, 1.807) is 9.80 Å². The van der Waals surface area contributed by atoms with Gasteiger partial charge in [0.1, 0.15) is 12.2 Å². The van der Waals surface area contributed by atoms with Gasteiger partial charge in [-0.3, -0.25) is 14.4 Å². The Bertz CT molecular complexity index is 917. The van der Waals surface area contributed by atoms with Crippen LogP contribution in [-0.2, 0) is 17.8 Å². The average molecular weight is 368 g/mol. The molecule has 142 valence electrons. The van der Waals surface area contributed by atoms with Gasteiger partial charge in [-0.25, -0.2) is 4.68 Å². The third-order valence-corrected chi connectivity index (χ3v) is 4.91. The zero-order valence-electron chi connectivity index (χ0n) is 15.9. The fourth-order valence-corrected chi connectivity index (χ4v) is 3.48. The number of hydrogen-bond acceptors (Lipinski definition) is 4. The number of aromatic nitrogens is 2. The van der Waals surface area contributed by atoms with Gasteiger partial charge in [0.05, 0.1) is 0 Å². The van der Waals surface area contributed by atoms with Gasteiger partial charge < -0.3 is 9.80 Å². The molecule has 1 atom stereocenters. The molecule has 2 amide bonds. The minimum Gasteiger partial charge on any atom is -0.342 e. The quantitative estimate of drug-likeness (QED) is 0.805. The van der Waals surface area contributed by atoms with Crippen molar-refractivity contribution in [3.8, 4) is 0 Å². The molecule has 0 bridgehead atoms. The first-order valence-electron chi connectivity index (χ1n) is 9.23. The Labute approximate surface area is 158 Å². The van der Waals surface area contributed by atoms with E-state index in [0.29, 0.717) is 13.1 Å². The second-order valence-corrected chi connectivity index (χ2v) is 6.64. The molecule has 2 heterocycles. The number of benzene rings is 1. The van der Waals surface area contributed by atoms with Crippen molar-refractivity contribution >= 4 is 17.5 Å². The number of hydrogen-bond donors (Lipinski definition) is 0. The van der Waals surface area contributed by atoms with Crippen LogP contribution in [0.5, 0.6) is 0 Å². The molecule has 0 N–H and O–H groups in total. The Hall–Kier alpha value is -2.96. The van der Waals surface area contributed by atoms with Gasteiger partial charge in [-0.05, 0) is 44.9 Å². The van der Waals surface area contributed by atoms with E-state index in [9.17, 15) is 14.4 Å². The molecule has 0 saturated heterocycles. The molecule has 3 rings (SSSR count). The maximum Gasteiger partial charge on any atom is 0.278 e. The normalized spacial score (nSPS) is 15.5. The molecule has 2 aromatic rings. The topological polar surface area (TPSA) is 75.5 Å². The van der Waals surface area contributed by atoms with Gasteiger partial charge in [-0.1, -0.05) is 18.2 Å². The van der Waals surface area contributed by atoms with Crippen molar-refractivity contribution < 1.29 is 9.59 Å². The van der Waals surface area contributed by atoms with Crippen molar-refractivity contribution in [3.05, 3.63) is 58.0 Å². The van der Waals surface area contributed by atoms with Gasteiger partial charge in [0.15, 0.2) is 0 Å². The molecule has 0 aliphatic carbocycles. The molecule has 1 aromatic heterocycles. The van der Waals surface area contributed by atoms with Crippen molar-refractivity contribution in [2.75, 3.05) is 18.0 Å². The first kappa shape index (κ1) is 18.8. The summed E-state index contributed by atoms with van der Waals surface area (Å²) in [5, 5.41) is 4.18. The van der Waals surface area contributed by atoms with Crippen LogP contribution in [0.4, 0.5) is 5.69 Å². The van der Waals surface area contributed by atoms with Crippen LogP contribution in [0.15, 0.2) is 41.2 Å². The van der Waals surface area contributed by atoms with Gasteiger partial charge >= 0.3 is 0 Å². The Balaban J connectivity index is 1.89. The van der Waals surface area contributed by atoms with Crippen LogP contribution in [0.3, 0.4) is 0 Å². The van der Waals surface area contributed by atoms with Crippen LogP contribution in [0, 0.1) is 0 Å². The summed E-state index contributed by atoms with van der Waals surface area (Å²) in [5.41, 5.74) is 1.74. The summed E-state index contributed by atoms with van der Waals surface area (Å²) in [6, 6.07) is 10.5. The Kier molecular flexibility index (Phi) is 5.39. The molecule has 1 aromatic carbocycles. The third-order valence-electron chi connectivity index (χ3n) is 4.91. The van der Waals surface area contributed by atoms with Gasteiger partial charge in [0.2, 0.25) is 5.91 Å². The van der Waals surface area contributed by atoms with E-state index < -0.39 is 5.56 Å². The molecule has 0 spiro atoms. The smallest absolute Gasteiger partial charge is 0.278 e. The SMILES string of the molecule is CCN(CC)C(=O)Cn1nc(C(=O)N2c3ccccc3C[C@@H]2C)ccc1=O. The lowest BCUT2D eigenvalue weighted by Gasteiger charge is -2.22. The van der Waals surface area contributed by atoms with Crippen LogP contribution >= 0.6 is 0 Å². The first-order valence-corrected chi connectivity index (χ1v) is 9.23. The van der Waals surface area contributed by atoms with E-state index in [1.807, 2.05) is 45.0 Å². The molecule has 1 aliphatic heterocycles. The Morgan fingerprint density at radius 1 is 1.15 bits per heavy atom. The summed E-state index contributed by atoms with van der Waals surface area (Å²) in [6.45, 7) is 6.69. The summed E-state index contributed by atoms with van der Waals surface area (Å²) in [7, 11) is 0. The van der Waals surface area contributed by atoms with Gasteiger partial charge in [-0.2, -0.15) is 5.10 Å².